The van der Waals surface area contributed by atoms with Gasteiger partial charge in [-0.15, -0.1) is 0 Å². The van der Waals surface area contributed by atoms with Crippen molar-refractivity contribution in [3.8, 4) is 17.0 Å². The van der Waals surface area contributed by atoms with Crippen LogP contribution in [0.3, 0.4) is 0 Å². The maximum atomic E-state index is 13.6. The number of ether oxygens (including phenoxy) is 1. The minimum Gasteiger partial charge on any atom is -0.497 e. The molecule has 0 spiro atoms. The number of aromatic nitrogens is 2. The van der Waals surface area contributed by atoms with Gasteiger partial charge in [0.2, 0.25) is 5.91 Å². The van der Waals surface area contributed by atoms with Gasteiger partial charge in [0, 0.05) is 23.7 Å². The summed E-state index contributed by atoms with van der Waals surface area (Å²) in [4.78, 5) is 28.5. The first-order valence-corrected chi connectivity index (χ1v) is 8.28. The van der Waals surface area contributed by atoms with Crippen LogP contribution in [0.5, 0.6) is 5.75 Å². The standard InChI is InChI=1S/C20H18FN3O3/c1-27-16-8-6-14(7-9-16)18-10-20(26)24(13-23-18)12-19(25)22-11-15-4-2-3-5-17(15)21/h2-10,13H,11-12H2,1H3,(H,22,25). The summed E-state index contributed by atoms with van der Waals surface area (Å²) in [5.74, 6) is -0.0848. The maximum absolute atomic E-state index is 13.6. The highest BCUT2D eigenvalue weighted by Crippen LogP contribution is 2.19. The molecule has 138 valence electrons. The third-order valence-electron chi connectivity index (χ3n) is 4.01. The molecule has 0 radical (unpaired) electrons. The van der Waals surface area contributed by atoms with Gasteiger partial charge in [-0.1, -0.05) is 18.2 Å². The second kappa shape index (κ2) is 8.27. The zero-order valence-electron chi connectivity index (χ0n) is 14.7. The van der Waals surface area contributed by atoms with Crippen molar-refractivity contribution in [1.29, 1.82) is 0 Å². The fourth-order valence-electron chi connectivity index (χ4n) is 2.51. The Morgan fingerprint density at radius 2 is 1.93 bits per heavy atom. The number of benzene rings is 2. The van der Waals surface area contributed by atoms with Crippen molar-refractivity contribution in [1.82, 2.24) is 14.9 Å². The van der Waals surface area contributed by atoms with Gasteiger partial charge in [-0.3, -0.25) is 14.2 Å². The molecule has 3 rings (SSSR count). The fraction of sp³-hybridized carbons (Fsp3) is 0.150. The first kappa shape index (κ1) is 18.3. The third-order valence-corrected chi connectivity index (χ3v) is 4.01. The summed E-state index contributed by atoms with van der Waals surface area (Å²) in [5, 5.41) is 2.59. The Morgan fingerprint density at radius 3 is 2.59 bits per heavy atom. The summed E-state index contributed by atoms with van der Waals surface area (Å²) in [7, 11) is 1.58. The molecule has 0 aliphatic heterocycles. The number of methoxy groups -OCH3 is 1. The number of hydrogen-bond acceptors (Lipinski definition) is 4. The van der Waals surface area contributed by atoms with E-state index >= 15 is 0 Å². The molecular formula is C20H18FN3O3. The van der Waals surface area contributed by atoms with Crippen molar-refractivity contribution in [2.75, 3.05) is 7.11 Å². The molecule has 1 N–H and O–H groups in total. The van der Waals surface area contributed by atoms with Gasteiger partial charge in [0.25, 0.3) is 5.56 Å². The fourth-order valence-corrected chi connectivity index (χ4v) is 2.51. The van der Waals surface area contributed by atoms with E-state index in [9.17, 15) is 14.0 Å². The molecule has 0 fully saturated rings. The lowest BCUT2D eigenvalue weighted by Gasteiger charge is -2.09. The van der Waals surface area contributed by atoms with Crippen molar-refractivity contribution in [3.63, 3.8) is 0 Å². The zero-order valence-corrected chi connectivity index (χ0v) is 14.7. The van der Waals surface area contributed by atoms with Crippen LogP contribution >= 0.6 is 0 Å². The Morgan fingerprint density at radius 1 is 1.19 bits per heavy atom. The van der Waals surface area contributed by atoms with Crippen LogP contribution < -0.4 is 15.6 Å². The lowest BCUT2D eigenvalue weighted by atomic mass is 10.1. The Balaban J connectivity index is 1.66. The van der Waals surface area contributed by atoms with Crippen LogP contribution in [0.4, 0.5) is 4.39 Å². The van der Waals surface area contributed by atoms with Gasteiger partial charge >= 0.3 is 0 Å². The van der Waals surface area contributed by atoms with Gasteiger partial charge in [0.1, 0.15) is 18.1 Å². The van der Waals surface area contributed by atoms with Crippen LogP contribution in [0.25, 0.3) is 11.3 Å². The molecule has 6 nitrogen and oxygen atoms in total. The first-order chi connectivity index (χ1) is 13.1. The number of rotatable bonds is 6. The van der Waals surface area contributed by atoms with E-state index in [-0.39, 0.29) is 24.5 Å². The second-order valence-corrected chi connectivity index (χ2v) is 5.84. The monoisotopic (exact) mass is 367 g/mol. The van der Waals surface area contributed by atoms with E-state index in [0.29, 0.717) is 17.0 Å². The smallest absolute Gasteiger partial charge is 0.254 e. The summed E-state index contributed by atoms with van der Waals surface area (Å²) < 4.78 is 19.9. The number of halogens is 1. The minimum atomic E-state index is -0.403. The van der Waals surface area contributed by atoms with E-state index < -0.39 is 5.91 Å². The molecule has 0 aliphatic carbocycles. The molecule has 2 aromatic carbocycles. The molecule has 7 heteroatoms. The van der Waals surface area contributed by atoms with Crippen LogP contribution in [0.1, 0.15) is 5.56 Å². The Kier molecular flexibility index (Phi) is 5.61. The Labute approximate surface area is 155 Å². The normalized spacial score (nSPS) is 10.4. The van der Waals surface area contributed by atoms with E-state index in [1.807, 2.05) is 0 Å². The molecule has 1 aromatic heterocycles. The zero-order chi connectivity index (χ0) is 19.2. The van der Waals surface area contributed by atoms with Gasteiger partial charge in [0.05, 0.1) is 19.1 Å². The van der Waals surface area contributed by atoms with E-state index in [1.54, 1.807) is 49.6 Å². The van der Waals surface area contributed by atoms with Crippen LogP contribution in [-0.4, -0.2) is 22.6 Å². The maximum Gasteiger partial charge on any atom is 0.254 e. The predicted octanol–water partition coefficient (Wildman–Crippen LogP) is 2.37. The van der Waals surface area contributed by atoms with Crippen LogP contribution in [-0.2, 0) is 17.9 Å². The Hall–Kier alpha value is -3.48. The van der Waals surface area contributed by atoms with Crippen LogP contribution in [0.2, 0.25) is 0 Å². The van der Waals surface area contributed by atoms with Gasteiger partial charge in [-0.05, 0) is 30.3 Å². The van der Waals surface area contributed by atoms with Crippen LogP contribution in [0.15, 0.2) is 65.7 Å². The number of hydrogen-bond donors (Lipinski definition) is 1. The van der Waals surface area contributed by atoms with Gasteiger partial charge in [-0.25, -0.2) is 9.37 Å². The average Bonchev–Trinajstić information content (AvgIpc) is 2.69. The molecule has 0 bridgehead atoms. The highest BCUT2D eigenvalue weighted by Gasteiger charge is 2.08. The van der Waals surface area contributed by atoms with Crippen molar-refractivity contribution in [3.05, 3.63) is 82.7 Å². The molecule has 0 atom stereocenters. The van der Waals surface area contributed by atoms with Crippen molar-refractivity contribution < 1.29 is 13.9 Å². The molecule has 0 unspecified atom stereocenters. The topological polar surface area (TPSA) is 73.2 Å². The van der Waals surface area contributed by atoms with Crippen molar-refractivity contribution in [2.45, 2.75) is 13.1 Å². The van der Waals surface area contributed by atoms with E-state index in [0.717, 1.165) is 5.56 Å². The molecule has 27 heavy (non-hydrogen) atoms. The molecule has 0 aliphatic rings. The number of amides is 1. The Bertz CT molecular complexity index is 1000. The summed E-state index contributed by atoms with van der Waals surface area (Å²) in [6, 6.07) is 14.7. The van der Waals surface area contributed by atoms with Gasteiger partial charge < -0.3 is 10.1 Å². The molecule has 0 saturated carbocycles. The highest BCUT2D eigenvalue weighted by atomic mass is 19.1. The van der Waals surface area contributed by atoms with Crippen molar-refractivity contribution >= 4 is 5.91 Å². The molecular weight excluding hydrogens is 349 g/mol. The first-order valence-electron chi connectivity index (χ1n) is 8.28. The van der Waals surface area contributed by atoms with E-state index in [2.05, 4.69) is 10.3 Å². The summed E-state index contributed by atoms with van der Waals surface area (Å²) in [6.45, 7) is -0.138. The second-order valence-electron chi connectivity index (χ2n) is 5.84. The minimum absolute atomic E-state index is 0.0532. The number of carbonyl (C=O) groups is 1. The number of nitrogens with one attached hydrogen (secondary N) is 1. The molecule has 3 aromatic rings. The van der Waals surface area contributed by atoms with Crippen molar-refractivity contribution in [2.24, 2.45) is 0 Å². The molecule has 1 heterocycles. The lowest BCUT2D eigenvalue weighted by Crippen LogP contribution is -2.32. The number of carbonyl (C=O) groups excluding carboxylic acids is 1. The largest absolute Gasteiger partial charge is 0.497 e. The van der Waals surface area contributed by atoms with Crippen LogP contribution in [0, 0.1) is 5.82 Å². The number of nitrogens with zero attached hydrogens (tertiary/aromatic N) is 2. The summed E-state index contributed by atoms with van der Waals surface area (Å²) in [5.41, 5.74) is 1.30. The summed E-state index contributed by atoms with van der Waals surface area (Å²) >= 11 is 0. The molecule has 0 saturated heterocycles. The SMILES string of the molecule is COc1ccc(-c2cc(=O)n(CC(=O)NCc3ccccc3F)cn2)cc1. The van der Waals surface area contributed by atoms with Gasteiger partial charge in [-0.2, -0.15) is 0 Å². The predicted molar refractivity (Wildman–Crippen MR) is 98.7 cm³/mol. The highest BCUT2D eigenvalue weighted by molar-refractivity contribution is 5.75. The van der Waals surface area contributed by atoms with Gasteiger partial charge in [0.15, 0.2) is 0 Å². The van der Waals surface area contributed by atoms with E-state index in [1.165, 1.54) is 23.0 Å². The third kappa shape index (κ3) is 4.58. The average molecular weight is 367 g/mol. The quantitative estimate of drug-likeness (QED) is 0.726. The summed E-state index contributed by atoms with van der Waals surface area (Å²) in [6.07, 6.45) is 1.32. The van der Waals surface area contributed by atoms with E-state index in [4.69, 9.17) is 4.74 Å². The molecule has 1 amide bonds. The lowest BCUT2D eigenvalue weighted by molar-refractivity contribution is -0.121.